The van der Waals surface area contributed by atoms with Gasteiger partial charge in [0.2, 0.25) is 5.91 Å². The minimum atomic E-state index is -0.998. The van der Waals surface area contributed by atoms with E-state index in [1.165, 1.54) is 4.90 Å². The molecule has 8 nitrogen and oxygen atoms in total. The molecular formula is C27H32N2O6. The second kappa shape index (κ2) is 10.9. The van der Waals surface area contributed by atoms with Crippen molar-refractivity contribution in [2.75, 3.05) is 26.9 Å². The van der Waals surface area contributed by atoms with E-state index in [4.69, 9.17) is 9.47 Å². The average molecular weight is 481 g/mol. The monoisotopic (exact) mass is 480 g/mol. The number of fused-ring (bicyclic) bond motifs is 3. The molecule has 35 heavy (non-hydrogen) atoms. The van der Waals surface area contributed by atoms with Crippen LogP contribution in [0, 0.1) is 5.92 Å². The Kier molecular flexibility index (Phi) is 7.70. The van der Waals surface area contributed by atoms with Crippen molar-refractivity contribution in [2.24, 2.45) is 5.92 Å². The summed E-state index contributed by atoms with van der Waals surface area (Å²) in [6, 6.07) is 14.8. The predicted octanol–water partition coefficient (Wildman–Crippen LogP) is 3.64. The van der Waals surface area contributed by atoms with Crippen molar-refractivity contribution in [3.05, 3.63) is 59.7 Å². The number of nitrogens with one attached hydrogen (secondary N) is 1. The normalized spacial score (nSPS) is 19.5. The number of unbranched alkanes of at least 4 members (excludes halogenated alkanes) is 1. The van der Waals surface area contributed by atoms with Gasteiger partial charge in [0.25, 0.3) is 0 Å². The third-order valence-corrected chi connectivity index (χ3v) is 6.99. The molecule has 1 aliphatic heterocycles. The van der Waals surface area contributed by atoms with E-state index in [1.807, 2.05) is 43.3 Å². The van der Waals surface area contributed by atoms with Crippen LogP contribution in [0.1, 0.15) is 43.2 Å². The quantitative estimate of drug-likeness (QED) is 0.568. The lowest BCUT2D eigenvalue weighted by Crippen LogP contribution is -2.53. The van der Waals surface area contributed by atoms with Crippen LogP contribution >= 0.6 is 0 Å². The van der Waals surface area contributed by atoms with Gasteiger partial charge >= 0.3 is 12.1 Å². The van der Waals surface area contributed by atoms with E-state index in [0.717, 1.165) is 35.1 Å². The van der Waals surface area contributed by atoms with Gasteiger partial charge in [0, 0.05) is 13.0 Å². The lowest BCUT2D eigenvalue weighted by Gasteiger charge is -2.30. The van der Waals surface area contributed by atoms with Crippen LogP contribution in [0.2, 0.25) is 0 Å². The Bertz CT molecular complexity index is 1040. The fourth-order valence-corrected chi connectivity index (χ4v) is 5.02. The zero-order valence-corrected chi connectivity index (χ0v) is 20.1. The minimum absolute atomic E-state index is 0.0665. The van der Waals surface area contributed by atoms with E-state index in [0.29, 0.717) is 6.42 Å². The van der Waals surface area contributed by atoms with E-state index in [1.54, 1.807) is 7.05 Å². The summed E-state index contributed by atoms with van der Waals surface area (Å²) in [4.78, 5) is 39.0. The van der Waals surface area contributed by atoms with Gasteiger partial charge in [0.05, 0.1) is 19.3 Å². The van der Waals surface area contributed by atoms with Gasteiger partial charge in [0.15, 0.2) is 0 Å². The molecule has 8 heteroatoms. The zero-order chi connectivity index (χ0) is 24.9. The molecule has 2 aromatic rings. The molecule has 1 aliphatic carbocycles. The standard InChI is InChI=1S/C27H32N2O6/c1-3-4-13-23(25(30)29(2)24-16-34-14-22(24)26(31)32)28-27(33)35-15-21-19-11-7-5-9-17(19)18-10-6-8-12-20(18)21/h5-12,21-24H,3-4,13-16H2,1-2H3,(H,28,33)(H,31,32)/t22?,23-,24?/m0/s1. The summed E-state index contributed by atoms with van der Waals surface area (Å²) in [6.07, 6.45) is 1.36. The third-order valence-electron chi connectivity index (χ3n) is 6.99. The maximum Gasteiger partial charge on any atom is 0.407 e. The van der Waals surface area contributed by atoms with Gasteiger partial charge in [-0.05, 0) is 28.7 Å². The van der Waals surface area contributed by atoms with Gasteiger partial charge in [-0.2, -0.15) is 0 Å². The number of alkyl carbamates (subject to hydrolysis) is 1. The second-order valence-corrected chi connectivity index (χ2v) is 9.16. The number of benzene rings is 2. The Morgan fingerprint density at radius 3 is 2.31 bits per heavy atom. The first-order valence-corrected chi connectivity index (χ1v) is 12.1. The summed E-state index contributed by atoms with van der Waals surface area (Å²) in [6.45, 7) is 2.38. The van der Waals surface area contributed by atoms with E-state index in [2.05, 4.69) is 17.4 Å². The first-order valence-electron chi connectivity index (χ1n) is 12.1. The Morgan fingerprint density at radius 2 is 1.71 bits per heavy atom. The highest BCUT2D eigenvalue weighted by molar-refractivity contribution is 5.86. The van der Waals surface area contributed by atoms with Crippen molar-refractivity contribution in [1.82, 2.24) is 10.2 Å². The van der Waals surface area contributed by atoms with Gasteiger partial charge in [-0.3, -0.25) is 9.59 Å². The lowest BCUT2D eigenvalue weighted by molar-refractivity contribution is -0.145. The van der Waals surface area contributed by atoms with Gasteiger partial charge in [-0.25, -0.2) is 4.79 Å². The first kappa shape index (κ1) is 24.7. The van der Waals surface area contributed by atoms with Crippen LogP contribution in [0.25, 0.3) is 11.1 Å². The number of rotatable bonds is 9. The molecular weight excluding hydrogens is 448 g/mol. The molecule has 4 rings (SSSR count). The molecule has 2 aromatic carbocycles. The molecule has 186 valence electrons. The molecule has 2 unspecified atom stereocenters. The molecule has 1 saturated heterocycles. The van der Waals surface area contributed by atoms with Crippen LogP contribution in [0.5, 0.6) is 0 Å². The number of amides is 2. The molecule has 2 N–H and O–H groups in total. The molecule has 2 aliphatic rings. The topological polar surface area (TPSA) is 105 Å². The van der Waals surface area contributed by atoms with Crippen LogP contribution < -0.4 is 5.32 Å². The van der Waals surface area contributed by atoms with E-state index in [-0.39, 0.29) is 31.6 Å². The van der Waals surface area contributed by atoms with Crippen molar-refractivity contribution in [3.8, 4) is 11.1 Å². The molecule has 0 aromatic heterocycles. The SMILES string of the molecule is CCCC[C@H](NC(=O)OCC1c2ccccc2-c2ccccc21)C(=O)N(C)C1COCC1C(=O)O. The summed E-state index contributed by atoms with van der Waals surface area (Å²) < 4.78 is 10.9. The minimum Gasteiger partial charge on any atom is -0.481 e. The number of carbonyl (C=O) groups is 3. The summed E-state index contributed by atoms with van der Waals surface area (Å²) in [7, 11) is 1.57. The molecule has 0 radical (unpaired) electrons. The molecule has 2 amide bonds. The molecule has 3 atom stereocenters. The van der Waals surface area contributed by atoms with E-state index < -0.39 is 30.1 Å². The predicted molar refractivity (Wildman–Crippen MR) is 130 cm³/mol. The maximum atomic E-state index is 13.2. The number of hydrogen-bond donors (Lipinski definition) is 2. The number of aliphatic carboxylic acids is 1. The molecule has 0 bridgehead atoms. The fraction of sp³-hybridized carbons (Fsp3) is 0.444. The zero-order valence-electron chi connectivity index (χ0n) is 20.1. The Balaban J connectivity index is 1.42. The van der Waals surface area contributed by atoms with Crippen LogP contribution in [0.15, 0.2) is 48.5 Å². The van der Waals surface area contributed by atoms with E-state index >= 15 is 0 Å². The van der Waals surface area contributed by atoms with Crippen molar-refractivity contribution in [2.45, 2.75) is 44.2 Å². The summed E-state index contributed by atoms with van der Waals surface area (Å²) in [5.41, 5.74) is 4.50. The van der Waals surface area contributed by atoms with Crippen LogP contribution in [0.4, 0.5) is 4.79 Å². The fourth-order valence-electron chi connectivity index (χ4n) is 5.02. The number of likely N-dealkylation sites (N-methyl/N-ethyl adjacent to an activating group) is 1. The van der Waals surface area contributed by atoms with Gasteiger partial charge in [0.1, 0.15) is 18.6 Å². The Labute approximate surface area is 205 Å². The number of ether oxygens (including phenoxy) is 2. The van der Waals surface area contributed by atoms with Gasteiger partial charge < -0.3 is 24.8 Å². The van der Waals surface area contributed by atoms with Gasteiger partial charge in [-0.1, -0.05) is 68.3 Å². The van der Waals surface area contributed by atoms with Crippen molar-refractivity contribution in [1.29, 1.82) is 0 Å². The van der Waals surface area contributed by atoms with E-state index in [9.17, 15) is 19.5 Å². The van der Waals surface area contributed by atoms with Crippen molar-refractivity contribution >= 4 is 18.0 Å². The summed E-state index contributed by atoms with van der Waals surface area (Å²) >= 11 is 0. The Hall–Kier alpha value is -3.39. The summed E-state index contributed by atoms with van der Waals surface area (Å²) in [5, 5.41) is 12.2. The highest BCUT2D eigenvalue weighted by atomic mass is 16.5. The molecule has 1 fully saturated rings. The van der Waals surface area contributed by atoms with Crippen LogP contribution in [0.3, 0.4) is 0 Å². The number of carbonyl (C=O) groups excluding carboxylic acids is 2. The number of carboxylic acid groups (broad SMARTS) is 1. The van der Waals surface area contributed by atoms with Crippen LogP contribution in [-0.2, 0) is 19.1 Å². The smallest absolute Gasteiger partial charge is 0.407 e. The van der Waals surface area contributed by atoms with Crippen molar-refractivity contribution < 1.29 is 29.0 Å². The third kappa shape index (κ3) is 5.17. The maximum absolute atomic E-state index is 13.2. The lowest BCUT2D eigenvalue weighted by atomic mass is 9.98. The molecule has 0 saturated carbocycles. The highest BCUT2D eigenvalue weighted by Gasteiger charge is 2.40. The second-order valence-electron chi connectivity index (χ2n) is 9.16. The average Bonchev–Trinajstić information content (AvgIpc) is 3.48. The van der Waals surface area contributed by atoms with Gasteiger partial charge in [-0.15, -0.1) is 0 Å². The number of carboxylic acids is 1. The molecule has 0 spiro atoms. The first-order chi connectivity index (χ1) is 16.9. The largest absolute Gasteiger partial charge is 0.481 e. The number of nitrogens with zero attached hydrogens (tertiary/aromatic N) is 1. The highest BCUT2D eigenvalue weighted by Crippen LogP contribution is 2.44. The molecule has 1 heterocycles. The number of hydrogen-bond acceptors (Lipinski definition) is 5. The Morgan fingerprint density at radius 1 is 1.09 bits per heavy atom. The van der Waals surface area contributed by atoms with Crippen molar-refractivity contribution in [3.63, 3.8) is 0 Å². The summed E-state index contributed by atoms with van der Waals surface area (Å²) in [5.74, 6) is -2.20. The van der Waals surface area contributed by atoms with Crippen LogP contribution in [-0.4, -0.2) is 66.9 Å².